The Balaban J connectivity index is 1.41. The molecule has 2 aliphatic heterocycles. The highest BCUT2D eigenvalue weighted by atomic mass is 16.5. The van der Waals surface area contributed by atoms with Gasteiger partial charge in [0.1, 0.15) is 12.4 Å². The van der Waals surface area contributed by atoms with E-state index >= 15 is 0 Å². The molecule has 0 spiro atoms. The van der Waals surface area contributed by atoms with E-state index in [2.05, 4.69) is 64.3 Å². The number of ether oxygens (including phenoxy) is 2. The molecule has 160 valence electrons. The highest BCUT2D eigenvalue weighted by Gasteiger charge is 2.27. The first kappa shape index (κ1) is 19.8. The van der Waals surface area contributed by atoms with Gasteiger partial charge < -0.3 is 19.3 Å². The fourth-order valence-electron chi connectivity index (χ4n) is 4.40. The molecule has 0 N–H and O–H groups in total. The fourth-order valence-corrected chi connectivity index (χ4v) is 4.40. The predicted molar refractivity (Wildman–Crippen MR) is 121 cm³/mol. The van der Waals surface area contributed by atoms with Gasteiger partial charge in [0, 0.05) is 36.3 Å². The van der Waals surface area contributed by atoms with Crippen molar-refractivity contribution in [1.82, 2.24) is 20.1 Å². The van der Waals surface area contributed by atoms with Crippen LogP contribution in [-0.4, -0.2) is 59.9 Å². The first-order chi connectivity index (χ1) is 15.2. The van der Waals surface area contributed by atoms with Crippen molar-refractivity contribution in [1.29, 1.82) is 0 Å². The Labute approximate surface area is 182 Å². The minimum absolute atomic E-state index is 0.503. The van der Waals surface area contributed by atoms with Gasteiger partial charge in [-0.1, -0.05) is 19.1 Å². The third-order valence-corrected chi connectivity index (χ3v) is 6.39. The summed E-state index contributed by atoms with van der Waals surface area (Å²) in [6.45, 7) is 5.83. The SMILES string of the molecule is CCN(C)C1CCN(c2ccc3c(n2)OCc2cc(-c4cnnc(OC)c4)ccc2-3)C1. The van der Waals surface area contributed by atoms with E-state index in [1.807, 2.05) is 6.07 Å². The summed E-state index contributed by atoms with van der Waals surface area (Å²) in [5.41, 5.74) is 5.38. The van der Waals surface area contributed by atoms with E-state index in [4.69, 9.17) is 14.5 Å². The molecule has 4 heterocycles. The Bertz CT molecular complexity index is 1100. The van der Waals surface area contributed by atoms with E-state index in [1.165, 1.54) is 12.0 Å². The molecule has 0 bridgehead atoms. The molecule has 31 heavy (non-hydrogen) atoms. The number of pyridine rings is 1. The van der Waals surface area contributed by atoms with Crippen LogP contribution in [0.3, 0.4) is 0 Å². The van der Waals surface area contributed by atoms with Crippen molar-refractivity contribution in [3.8, 4) is 34.0 Å². The molecular weight excluding hydrogens is 390 g/mol. The number of anilines is 1. The number of fused-ring (bicyclic) bond motifs is 3. The molecule has 5 rings (SSSR count). The van der Waals surface area contributed by atoms with Gasteiger partial charge in [-0.3, -0.25) is 0 Å². The van der Waals surface area contributed by atoms with Gasteiger partial charge in [-0.15, -0.1) is 5.10 Å². The number of nitrogens with zero attached hydrogens (tertiary/aromatic N) is 5. The van der Waals surface area contributed by atoms with Gasteiger partial charge in [-0.05, 0) is 54.9 Å². The van der Waals surface area contributed by atoms with Gasteiger partial charge >= 0.3 is 0 Å². The van der Waals surface area contributed by atoms with Crippen molar-refractivity contribution in [3.63, 3.8) is 0 Å². The zero-order valence-electron chi connectivity index (χ0n) is 18.2. The average Bonchev–Trinajstić information content (AvgIpc) is 3.33. The molecule has 0 radical (unpaired) electrons. The van der Waals surface area contributed by atoms with Crippen LogP contribution in [0.1, 0.15) is 18.9 Å². The number of methoxy groups -OCH3 is 1. The monoisotopic (exact) mass is 417 g/mol. The molecule has 2 aromatic heterocycles. The molecule has 2 aliphatic rings. The fraction of sp³-hybridized carbons (Fsp3) is 0.375. The molecule has 0 amide bonds. The molecular formula is C24H27N5O2. The largest absolute Gasteiger partial charge is 0.480 e. The van der Waals surface area contributed by atoms with Crippen LogP contribution in [-0.2, 0) is 6.61 Å². The lowest BCUT2D eigenvalue weighted by Crippen LogP contribution is -2.34. The first-order valence-corrected chi connectivity index (χ1v) is 10.8. The Morgan fingerprint density at radius 2 is 2.03 bits per heavy atom. The molecule has 7 heteroatoms. The summed E-state index contributed by atoms with van der Waals surface area (Å²) >= 11 is 0. The van der Waals surface area contributed by atoms with Gasteiger partial charge in [0.05, 0.1) is 13.3 Å². The predicted octanol–water partition coefficient (Wildman–Crippen LogP) is 3.64. The molecule has 1 fully saturated rings. The number of benzene rings is 1. The molecule has 1 atom stereocenters. The van der Waals surface area contributed by atoms with Gasteiger partial charge in [0.25, 0.3) is 0 Å². The highest BCUT2D eigenvalue weighted by Crippen LogP contribution is 2.39. The van der Waals surface area contributed by atoms with E-state index < -0.39 is 0 Å². The van der Waals surface area contributed by atoms with Crippen molar-refractivity contribution in [2.45, 2.75) is 26.0 Å². The molecule has 1 aromatic carbocycles. The maximum absolute atomic E-state index is 6.08. The summed E-state index contributed by atoms with van der Waals surface area (Å²) in [5, 5.41) is 7.97. The number of likely N-dealkylation sites (N-methyl/N-ethyl adjacent to an activating group) is 1. The summed E-state index contributed by atoms with van der Waals surface area (Å²) in [6, 6.07) is 13.1. The summed E-state index contributed by atoms with van der Waals surface area (Å²) in [5.74, 6) is 2.22. The van der Waals surface area contributed by atoms with Crippen LogP contribution in [0.2, 0.25) is 0 Å². The lowest BCUT2D eigenvalue weighted by Gasteiger charge is -2.25. The third-order valence-electron chi connectivity index (χ3n) is 6.39. The van der Waals surface area contributed by atoms with Crippen LogP contribution in [0.5, 0.6) is 11.8 Å². The minimum Gasteiger partial charge on any atom is -0.480 e. The second-order valence-corrected chi connectivity index (χ2v) is 8.13. The third kappa shape index (κ3) is 3.70. The Morgan fingerprint density at radius 3 is 2.87 bits per heavy atom. The van der Waals surface area contributed by atoms with Crippen LogP contribution in [0.15, 0.2) is 42.6 Å². The van der Waals surface area contributed by atoms with Crippen molar-refractivity contribution in [2.24, 2.45) is 0 Å². The number of hydrogen-bond donors (Lipinski definition) is 0. The number of hydrogen-bond acceptors (Lipinski definition) is 7. The average molecular weight is 418 g/mol. The Kier molecular flexibility index (Phi) is 5.19. The lowest BCUT2D eigenvalue weighted by molar-refractivity contribution is 0.272. The zero-order valence-corrected chi connectivity index (χ0v) is 18.2. The smallest absolute Gasteiger partial charge is 0.233 e. The Morgan fingerprint density at radius 1 is 1.16 bits per heavy atom. The first-order valence-electron chi connectivity index (χ1n) is 10.8. The van der Waals surface area contributed by atoms with E-state index in [0.29, 0.717) is 18.5 Å². The van der Waals surface area contributed by atoms with Gasteiger partial charge in [0.2, 0.25) is 11.8 Å². The standard InChI is InChI=1S/C24H27N5O2/c1-4-28(2)19-9-10-29(14-19)22-8-7-21-20-6-5-16(11-18(20)15-31-24(21)26-22)17-12-23(30-3)27-25-13-17/h5-8,11-13,19H,4,9-10,14-15H2,1-3H3. The summed E-state index contributed by atoms with van der Waals surface area (Å²) in [4.78, 5) is 9.64. The minimum atomic E-state index is 0.503. The highest BCUT2D eigenvalue weighted by molar-refractivity contribution is 5.78. The Hall–Kier alpha value is -3.19. The molecule has 1 unspecified atom stereocenters. The van der Waals surface area contributed by atoms with Crippen LogP contribution in [0.4, 0.5) is 5.82 Å². The van der Waals surface area contributed by atoms with E-state index in [0.717, 1.165) is 53.6 Å². The van der Waals surface area contributed by atoms with Gasteiger partial charge in [-0.25, -0.2) is 0 Å². The number of rotatable bonds is 5. The molecule has 0 aliphatic carbocycles. The molecule has 1 saturated heterocycles. The zero-order chi connectivity index (χ0) is 21.4. The second kappa shape index (κ2) is 8.15. The quantitative estimate of drug-likeness (QED) is 0.628. The van der Waals surface area contributed by atoms with Crippen molar-refractivity contribution >= 4 is 5.82 Å². The van der Waals surface area contributed by atoms with Gasteiger partial charge in [0.15, 0.2) is 0 Å². The van der Waals surface area contributed by atoms with Crippen LogP contribution in [0.25, 0.3) is 22.3 Å². The number of aromatic nitrogens is 3. The summed E-state index contributed by atoms with van der Waals surface area (Å²) in [6.07, 6.45) is 2.92. The van der Waals surface area contributed by atoms with Crippen LogP contribution in [0, 0.1) is 0 Å². The maximum atomic E-state index is 6.08. The normalized spacial score (nSPS) is 17.3. The van der Waals surface area contributed by atoms with Crippen LogP contribution >= 0.6 is 0 Å². The molecule has 0 saturated carbocycles. The summed E-state index contributed by atoms with van der Waals surface area (Å²) < 4.78 is 11.3. The van der Waals surface area contributed by atoms with Gasteiger partial charge in [-0.2, -0.15) is 10.1 Å². The lowest BCUT2D eigenvalue weighted by atomic mass is 9.95. The summed E-state index contributed by atoms with van der Waals surface area (Å²) in [7, 11) is 3.79. The van der Waals surface area contributed by atoms with Crippen molar-refractivity contribution < 1.29 is 9.47 Å². The van der Waals surface area contributed by atoms with Crippen molar-refractivity contribution in [3.05, 3.63) is 48.2 Å². The topological polar surface area (TPSA) is 63.6 Å². The molecule has 3 aromatic rings. The van der Waals surface area contributed by atoms with E-state index in [-0.39, 0.29) is 0 Å². The molecule has 7 nitrogen and oxygen atoms in total. The van der Waals surface area contributed by atoms with Crippen molar-refractivity contribution in [2.75, 3.05) is 38.7 Å². The second-order valence-electron chi connectivity index (χ2n) is 8.13. The maximum Gasteiger partial charge on any atom is 0.233 e. The van der Waals surface area contributed by atoms with E-state index in [1.54, 1.807) is 13.3 Å². The van der Waals surface area contributed by atoms with Crippen LogP contribution < -0.4 is 14.4 Å². The van der Waals surface area contributed by atoms with E-state index in [9.17, 15) is 0 Å².